The Morgan fingerprint density at radius 3 is 3.18 bits per heavy atom. The Hall–Kier alpha value is -2.03. The van der Waals surface area contributed by atoms with Crippen LogP contribution in [0.15, 0.2) is 28.7 Å². The number of hydrogen-bond acceptors (Lipinski definition) is 3. The van der Waals surface area contributed by atoms with Crippen LogP contribution in [0.5, 0.6) is 0 Å². The van der Waals surface area contributed by atoms with E-state index in [2.05, 4.69) is 6.08 Å². The average molecular weight is 228 g/mol. The fourth-order valence-corrected chi connectivity index (χ4v) is 2.19. The number of hydrogen-bond donors (Lipinski definition) is 0. The molecule has 0 N–H and O–H groups in total. The Balaban J connectivity index is 2.20. The van der Waals surface area contributed by atoms with Crippen molar-refractivity contribution in [2.45, 2.75) is 13.3 Å². The molecular weight excluding hydrogens is 216 g/mol. The fourth-order valence-electron chi connectivity index (χ4n) is 2.19. The molecular formula is C14H12O3. The first-order chi connectivity index (χ1) is 8.31. The summed E-state index contributed by atoms with van der Waals surface area (Å²) < 4.78 is 10.7. The van der Waals surface area contributed by atoms with Gasteiger partial charge in [0.05, 0.1) is 6.61 Å². The van der Waals surface area contributed by atoms with Crippen LogP contribution < -0.4 is 0 Å². The van der Waals surface area contributed by atoms with Crippen molar-refractivity contribution in [2.75, 3.05) is 6.61 Å². The summed E-state index contributed by atoms with van der Waals surface area (Å²) >= 11 is 0. The van der Waals surface area contributed by atoms with Gasteiger partial charge < -0.3 is 9.15 Å². The molecule has 2 aromatic rings. The number of para-hydroxylation sites is 1. The summed E-state index contributed by atoms with van der Waals surface area (Å²) in [5.74, 6) is 0.534. The molecule has 3 nitrogen and oxygen atoms in total. The smallest absolute Gasteiger partial charge is 0.341 e. The van der Waals surface area contributed by atoms with E-state index < -0.39 is 0 Å². The summed E-state index contributed by atoms with van der Waals surface area (Å²) in [6, 6.07) is 5.58. The first-order valence-electron chi connectivity index (χ1n) is 5.69. The van der Waals surface area contributed by atoms with Gasteiger partial charge in [0, 0.05) is 10.9 Å². The summed E-state index contributed by atoms with van der Waals surface area (Å²) in [5.41, 5.74) is 2.30. The second-order valence-corrected chi connectivity index (χ2v) is 3.95. The number of furan rings is 1. The monoisotopic (exact) mass is 228 g/mol. The maximum Gasteiger partial charge on any atom is 0.341 e. The van der Waals surface area contributed by atoms with Crippen LogP contribution in [0.3, 0.4) is 0 Å². The lowest BCUT2D eigenvalue weighted by molar-refractivity contribution is 0.0527. The highest BCUT2D eigenvalue weighted by atomic mass is 16.5. The molecule has 0 amide bonds. The van der Waals surface area contributed by atoms with Gasteiger partial charge in [-0.2, -0.15) is 0 Å². The fraction of sp³-hybridized carbons (Fsp3) is 0.214. The van der Waals surface area contributed by atoms with Gasteiger partial charge in [-0.05, 0) is 25.5 Å². The van der Waals surface area contributed by atoms with Crippen molar-refractivity contribution < 1.29 is 13.9 Å². The first-order valence-corrected chi connectivity index (χ1v) is 5.69. The molecule has 1 aliphatic carbocycles. The number of carbonyl (C=O) groups is 1. The largest absolute Gasteiger partial charge is 0.462 e. The number of ether oxygens (including phenoxy) is 1. The van der Waals surface area contributed by atoms with Gasteiger partial charge in [0.1, 0.15) is 16.9 Å². The molecule has 0 unspecified atom stereocenters. The normalized spacial score (nSPS) is 13.0. The number of esters is 1. The third-order valence-corrected chi connectivity index (χ3v) is 2.94. The molecule has 1 aliphatic rings. The average Bonchev–Trinajstić information content (AvgIpc) is 2.88. The van der Waals surface area contributed by atoms with E-state index in [0.29, 0.717) is 17.8 Å². The van der Waals surface area contributed by atoms with E-state index in [1.807, 2.05) is 18.2 Å². The lowest BCUT2D eigenvalue weighted by atomic mass is 10.1. The van der Waals surface area contributed by atoms with Crippen LogP contribution in [-0.2, 0) is 11.2 Å². The van der Waals surface area contributed by atoms with Crippen LogP contribution in [0.4, 0.5) is 0 Å². The summed E-state index contributed by atoms with van der Waals surface area (Å²) in [6.45, 7) is 2.17. The molecule has 0 fully saturated rings. The zero-order chi connectivity index (χ0) is 11.8. The van der Waals surface area contributed by atoms with Crippen LogP contribution >= 0.6 is 0 Å². The van der Waals surface area contributed by atoms with E-state index in [9.17, 15) is 4.79 Å². The predicted molar refractivity (Wildman–Crippen MR) is 64.9 cm³/mol. The Labute approximate surface area is 98.7 Å². The number of rotatable bonds is 2. The minimum atomic E-state index is -0.325. The highest BCUT2D eigenvalue weighted by molar-refractivity contribution is 6.03. The van der Waals surface area contributed by atoms with Crippen LogP contribution in [-0.4, -0.2) is 12.6 Å². The van der Waals surface area contributed by atoms with Gasteiger partial charge in [-0.1, -0.05) is 18.2 Å². The van der Waals surface area contributed by atoms with E-state index >= 15 is 0 Å². The van der Waals surface area contributed by atoms with E-state index in [1.165, 1.54) is 0 Å². The maximum atomic E-state index is 11.8. The van der Waals surface area contributed by atoms with Crippen molar-refractivity contribution in [3.05, 3.63) is 41.2 Å². The van der Waals surface area contributed by atoms with Crippen molar-refractivity contribution in [2.24, 2.45) is 0 Å². The Bertz CT molecular complexity index is 620. The maximum absolute atomic E-state index is 11.8. The van der Waals surface area contributed by atoms with Crippen LogP contribution in [0.2, 0.25) is 0 Å². The SMILES string of the molecule is CCOC(=O)c1cccc2c3c(oc12)C=CC3. The van der Waals surface area contributed by atoms with Gasteiger partial charge in [-0.3, -0.25) is 0 Å². The van der Waals surface area contributed by atoms with Crippen LogP contribution in [0.25, 0.3) is 17.0 Å². The molecule has 1 aromatic heterocycles. The molecule has 1 heterocycles. The molecule has 86 valence electrons. The molecule has 0 bridgehead atoms. The van der Waals surface area contributed by atoms with Crippen LogP contribution in [0, 0.1) is 0 Å². The quantitative estimate of drug-likeness (QED) is 0.741. The summed E-state index contributed by atoms with van der Waals surface area (Å²) in [5, 5.41) is 1.01. The molecule has 3 rings (SSSR count). The third-order valence-electron chi connectivity index (χ3n) is 2.94. The number of benzene rings is 1. The summed E-state index contributed by atoms with van der Waals surface area (Å²) in [6.07, 6.45) is 4.88. The molecule has 17 heavy (non-hydrogen) atoms. The number of fused-ring (bicyclic) bond motifs is 3. The molecule has 0 saturated heterocycles. The van der Waals surface area contributed by atoms with Gasteiger partial charge in [0.25, 0.3) is 0 Å². The Morgan fingerprint density at radius 1 is 1.47 bits per heavy atom. The van der Waals surface area contributed by atoms with E-state index in [4.69, 9.17) is 9.15 Å². The van der Waals surface area contributed by atoms with Gasteiger partial charge in [-0.15, -0.1) is 0 Å². The highest BCUT2D eigenvalue weighted by Gasteiger charge is 2.20. The minimum Gasteiger partial charge on any atom is -0.462 e. The predicted octanol–water partition coefficient (Wildman–Crippen LogP) is 3.18. The number of allylic oxidation sites excluding steroid dienone is 1. The van der Waals surface area contributed by atoms with E-state index in [-0.39, 0.29) is 5.97 Å². The van der Waals surface area contributed by atoms with Crippen molar-refractivity contribution in [1.29, 1.82) is 0 Å². The van der Waals surface area contributed by atoms with Crippen LogP contribution in [0.1, 0.15) is 28.6 Å². The third kappa shape index (κ3) is 1.46. The molecule has 0 atom stereocenters. The van der Waals surface area contributed by atoms with Gasteiger partial charge >= 0.3 is 5.97 Å². The molecule has 0 spiro atoms. The molecule has 0 saturated carbocycles. The lowest BCUT2D eigenvalue weighted by Crippen LogP contribution is -2.04. The lowest BCUT2D eigenvalue weighted by Gasteiger charge is -2.02. The summed E-state index contributed by atoms with van der Waals surface area (Å²) in [4.78, 5) is 11.8. The minimum absolute atomic E-state index is 0.325. The second-order valence-electron chi connectivity index (χ2n) is 3.95. The van der Waals surface area contributed by atoms with E-state index in [1.54, 1.807) is 13.0 Å². The van der Waals surface area contributed by atoms with E-state index in [0.717, 1.165) is 23.1 Å². The molecule has 1 aromatic carbocycles. The van der Waals surface area contributed by atoms with Crippen molar-refractivity contribution >= 4 is 23.0 Å². The highest BCUT2D eigenvalue weighted by Crippen LogP contribution is 2.33. The zero-order valence-corrected chi connectivity index (χ0v) is 9.53. The van der Waals surface area contributed by atoms with Crippen molar-refractivity contribution in [3.63, 3.8) is 0 Å². The zero-order valence-electron chi connectivity index (χ0n) is 9.53. The van der Waals surface area contributed by atoms with Gasteiger partial charge in [0.2, 0.25) is 0 Å². The second kappa shape index (κ2) is 3.77. The molecule has 3 heteroatoms. The summed E-state index contributed by atoms with van der Waals surface area (Å²) in [7, 11) is 0. The molecule has 0 radical (unpaired) electrons. The van der Waals surface area contributed by atoms with Crippen molar-refractivity contribution in [1.82, 2.24) is 0 Å². The van der Waals surface area contributed by atoms with Gasteiger partial charge in [0.15, 0.2) is 0 Å². The van der Waals surface area contributed by atoms with Gasteiger partial charge in [-0.25, -0.2) is 4.79 Å². The van der Waals surface area contributed by atoms with Crippen molar-refractivity contribution in [3.8, 4) is 0 Å². The Morgan fingerprint density at radius 2 is 2.35 bits per heavy atom. The standard InChI is InChI=1S/C14H12O3/c1-2-16-14(15)11-7-3-6-10-9-5-4-8-12(9)17-13(10)11/h3-4,6-8H,2,5H2,1H3. The molecule has 0 aliphatic heterocycles. The topological polar surface area (TPSA) is 39.4 Å². The first kappa shape index (κ1) is 10.1. The number of carbonyl (C=O) groups excluding carboxylic acids is 1. The Kier molecular flexibility index (Phi) is 2.25.